The minimum absolute atomic E-state index is 0.0929. The molecule has 0 aliphatic rings. The fourth-order valence-electron chi connectivity index (χ4n) is 2.21. The quantitative estimate of drug-likeness (QED) is 0.719. The molecule has 3 aromatic rings. The van der Waals surface area contributed by atoms with Gasteiger partial charge in [-0.05, 0) is 31.0 Å². The number of aliphatic hydroxyl groups is 1. The topological polar surface area (TPSA) is 63.6 Å². The van der Waals surface area contributed by atoms with Crippen LogP contribution in [0.4, 0.5) is 0 Å². The molecule has 2 heterocycles. The summed E-state index contributed by atoms with van der Waals surface area (Å²) in [5, 5.41) is 10.8. The van der Waals surface area contributed by atoms with Crippen molar-refractivity contribution in [2.24, 2.45) is 0 Å². The average molecular weight is 244 g/mol. The van der Waals surface area contributed by atoms with Crippen LogP contribution in [0.15, 0.2) is 44.2 Å². The number of furan rings is 1. The van der Waals surface area contributed by atoms with Gasteiger partial charge in [-0.1, -0.05) is 0 Å². The molecule has 0 saturated carbocycles. The van der Waals surface area contributed by atoms with Crippen LogP contribution in [0.1, 0.15) is 12.0 Å². The van der Waals surface area contributed by atoms with E-state index < -0.39 is 0 Å². The molecule has 0 unspecified atom stereocenters. The zero-order chi connectivity index (χ0) is 12.5. The molecular formula is C14H12O4. The van der Waals surface area contributed by atoms with Crippen molar-refractivity contribution in [3.8, 4) is 0 Å². The van der Waals surface area contributed by atoms with Crippen molar-refractivity contribution in [2.75, 3.05) is 6.61 Å². The Labute approximate surface area is 102 Å². The number of hydrogen-bond donors (Lipinski definition) is 1. The Kier molecular flexibility index (Phi) is 2.64. The van der Waals surface area contributed by atoms with Gasteiger partial charge in [0.2, 0.25) is 0 Å². The first-order chi connectivity index (χ1) is 8.79. The highest BCUT2D eigenvalue weighted by molar-refractivity contribution is 5.96. The van der Waals surface area contributed by atoms with Crippen LogP contribution in [0.25, 0.3) is 21.9 Å². The Morgan fingerprint density at radius 3 is 2.78 bits per heavy atom. The maximum atomic E-state index is 11.3. The van der Waals surface area contributed by atoms with Crippen molar-refractivity contribution in [1.82, 2.24) is 0 Å². The Morgan fingerprint density at radius 1 is 1.11 bits per heavy atom. The summed E-state index contributed by atoms with van der Waals surface area (Å²) >= 11 is 0. The maximum absolute atomic E-state index is 11.3. The summed E-state index contributed by atoms with van der Waals surface area (Å²) in [6.45, 7) is 0.0929. The molecule has 0 saturated heterocycles. The predicted molar refractivity (Wildman–Crippen MR) is 67.7 cm³/mol. The van der Waals surface area contributed by atoms with Crippen molar-refractivity contribution >= 4 is 21.9 Å². The van der Waals surface area contributed by atoms with Crippen LogP contribution < -0.4 is 5.63 Å². The fourth-order valence-corrected chi connectivity index (χ4v) is 2.21. The first kappa shape index (κ1) is 11.0. The second-order valence-corrected chi connectivity index (χ2v) is 4.19. The molecule has 2 aromatic heterocycles. The number of aliphatic hydroxyl groups excluding tert-OH is 1. The van der Waals surface area contributed by atoms with Crippen molar-refractivity contribution < 1.29 is 13.9 Å². The van der Waals surface area contributed by atoms with Gasteiger partial charge in [0.15, 0.2) is 0 Å². The second-order valence-electron chi connectivity index (χ2n) is 4.19. The molecule has 0 aliphatic carbocycles. The van der Waals surface area contributed by atoms with E-state index in [-0.39, 0.29) is 12.2 Å². The Hall–Kier alpha value is -2.07. The highest BCUT2D eigenvalue weighted by Gasteiger charge is 2.12. The van der Waals surface area contributed by atoms with Crippen molar-refractivity contribution in [1.29, 1.82) is 0 Å². The second kappa shape index (κ2) is 4.31. The number of hydrogen-bond acceptors (Lipinski definition) is 4. The molecule has 4 heteroatoms. The fraction of sp³-hybridized carbons (Fsp3) is 0.214. The SMILES string of the molecule is O=c1ccc2cc3ccoc3c(CCCO)c2o1. The first-order valence-corrected chi connectivity index (χ1v) is 5.83. The van der Waals surface area contributed by atoms with Crippen LogP contribution in [0.2, 0.25) is 0 Å². The average Bonchev–Trinajstić information content (AvgIpc) is 2.82. The largest absolute Gasteiger partial charge is 0.464 e. The van der Waals surface area contributed by atoms with Crippen LogP contribution in [-0.2, 0) is 6.42 Å². The van der Waals surface area contributed by atoms with Crippen LogP contribution in [-0.4, -0.2) is 11.7 Å². The van der Waals surface area contributed by atoms with E-state index in [1.165, 1.54) is 6.07 Å². The summed E-state index contributed by atoms with van der Waals surface area (Å²) < 4.78 is 10.7. The number of aryl methyl sites for hydroxylation is 1. The molecule has 0 bridgehead atoms. The molecule has 18 heavy (non-hydrogen) atoms. The minimum Gasteiger partial charge on any atom is -0.464 e. The maximum Gasteiger partial charge on any atom is 0.336 e. The van der Waals surface area contributed by atoms with Gasteiger partial charge < -0.3 is 13.9 Å². The lowest BCUT2D eigenvalue weighted by Crippen LogP contribution is -1.98. The van der Waals surface area contributed by atoms with E-state index in [2.05, 4.69) is 0 Å². The smallest absolute Gasteiger partial charge is 0.336 e. The lowest BCUT2D eigenvalue weighted by molar-refractivity contribution is 0.288. The first-order valence-electron chi connectivity index (χ1n) is 5.83. The van der Waals surface area contributed by atoms with Crippen molar-refractivity contribution in [3.05, 3.63) is 46.5 Å². The van der Waals surface area contributed by atoms with Gasteiger partial charge in [0, 0.05) is 29.0 Å². The van der Waals surface area contributed by atoms with Gasteiger partial charge in [0.05, 0.1) is 6.26 Å². The van der Waals surface area contributed by atoms with Gasteiger partial charge in [-0.25, -0.2) is 4.79 Å². The summed E-state index contributed by atoms with van der Waals surface area (Å²) in [6.07, 6.45) is 2.84. The van der Waals surface area contributed by atoms with Crippen LogP contribution in [0.3, 0.4) is 0 Å². The molecular weight excluding hydrogens is 232 g/mol. The van der Waals surface area contributed by atoms with Gasteiger partial charge in [-0.3, -0.25) is 0 Å². The minimum atomic E-state index is -0.376. The molecule has 4 nitrogen and oxygen atoms in total. The Balaban J connectivity index is 2.36. The Bertz CT molecular complexity index is 751. The molecule has 0 radical (unpaired) electrons. The summed E-state index contributed by atoms with van der Waals surface area (Å²) in [5.74, 6) is 0. The lowest BCUT2D eigenvalue weighted by Gasteiger charge is -2.05. The molecule has 0 spiro atoms. The van der Waals surface area contributed by atoms with E-state index in [1.807, 2.05) is 12.1 Å². The third-order valence-electron chi connectivity index (χ3n) is 3.00. The van der Waals surface area contributed by atoms with E-state index in [0.717, 1.165) is 21.9 Å². The zero-order valence-corrected chi connectivity index (χ0v) is 9.68. The van der Waals surface area contributed by atoms with E-state index in [0.29, 0.717) is 18.4 Å². The van der Waals surface area contributed by atoms with Crippen LogP contribution >= 0.6 is 0 Å². The standard InChI is InChI=1S/C14H12O4/c15-6-1-2-11-13-10(5-7-17-13)8-9-3-4-12(16)18-14(9)11/h3-5,7-8,15H,1-2,6H2. The molecule has 92 valence electrons. The third kappa shape index (κ3) is 1.71. The lowest BCUT2D eigenvalue weighted by atomic mass is 10.0. The number of fused-ring (bicyclic) bond motifs is 2. The van der Waals surface area contributed by atoms with E-state index >= 15 is 0 Å². The van der Waals surface area contributed by atoms with Crippen LogP contribution in [0.5, 0.6) is 0 Å². The third-order valence-corrected chi connectivity index (χ3v) is 3.00. The van der Waals surface area contributed by atoms with Gasteiger partial charge in [-0.15, -0.1) is 0 Å². The molecule has 0 fully saturated rings. The highest BCUT2D eigenvalue weighted by atomic mass is 16.4. The van der Waals surface area contributed by atoms with Gasteiger partial charge in [0.1, 0.15) is 11.2 Å². The zero-order valence-electron chi connectivity index (χ0n) is 9.68. The van der Waals surface area contributed by atoms with Gasteiger partial charge >= 0.3 is 5.63 Å². The van der Waals surface area contributed by atoms with E-state index in [1.54, 1.807) is 12.3 Å². The summed E-state index contributed by atoms with van der Waals surface area (Å²) in [7, 11) is 0. The normalized spacial score (nSPS) is 11.4. The molecule has 0 atom stereocenters. The van der Waals surface area contributed by atoms with E-state index in [4.69, 9.17) is 13.9 Å². The predicted octanol–water partition coefficient (Wildman–Crippen LogP) is 2.46. The number of rotatable bonds is 3. The number of benzene rings is 1. The van der Waals surface area contributed by atoms with E-state index in [9.17, 15) is 4.79 Å². The summed E-state index contributed by atoms with van der Waals surface area (Å²) in [4.78, 5) is 11.3. The molecule has 1 N–H and O–H groups in total. The summed E-state index contributed by atoms with van der Waals surface area (Å²) in [6, 6.07) is 6.96. The summed E-state index contributed by atoms with van der Waals surface area (Å²) in [5.41, 5.74) is 1.75. The highest BCUT2D eigenvalue weighted by Crippen LogP contribution is 2.29. The molecule has 0 amide bonds. The monoisotopic (exact) mass is 244 g/mol. The molecule has 1 aromatic carbocycles. The molecule has 3 rings (SSSR count). The molecule has 0 aliphatic heterocycles. The van der Waals surface area contributed by atoms with Crippen LogP contribution in [0, 0.1) is 0 Å². The Morgan fingerprint density at radius 2 is 1.94 bits per heavy atom. The van der Waals surface area contributed by atoms with Crippen molar-refractivity contribution in [3.63, 3.8) is 0 Å². The van der Waals surface area contributed by atoms with Crippen molar-refractivity contribution in [2.45, 2.75) is 12.8 Å². The van der Waals surface area contributed by atoms with Gasteiger partial charge in [0.25, 0.3) is 0 Å². The van der Waals surface area contributed by atoms with Gasteiger partial charge in [-0.2, -0.15) is 0 Å².